The molecule has 0 aliphatic heterocycles. The molecule has 0 saturated heterocycles. The van der Waals surface area contributed by atoms with E-state index in [1.54, 1.807) is 0 Å². The summed E-state index contributed by atoms with van der Waals surface area (Å²) < 4.78 is 0. The van der Waals surface area contributed by atoms with Gasteiger partial charge in [-0.15, -0.1) is 0 Å². The van der Waals surface area contributed by atoms with E-state index in [4.69, 9.17) is 0 Å². The molecule has 0 aromatic rings. The summed E-state index contributed by atoms with van der Waals surface area (Å²) >= 11 is 0. The van der Waals surface area contributed by atoms with Gasteiger partial charge in [-0.05, 0) is 38.8 Å². The van der Waals surface area contributed by atoms with Crippen molar-refractivity contribution >= 4 is 0 Å². The summed E-state index contributed by atoms with van der Waals surface area (Å²) in [5.74, 6) is 0. The van der Waals surface area contributed by atoms with Gasteiger partial charge in [-0.1, -0.05) is 13.8 Å². The van der Waals surface area contributed by atoms with E-state index in [-0.39, 0.29) is 0 Å². The van der Waals surface area contributed by atoms with E-state index in [1.807, 2.05) is 0 Å². The third-order valence-electron chi connectivity index (χ3n) is 2.98. The predicted octanol–water partition coefficient (Wildman–Crippen LogP) is 1.37. The fraction of sp³-hybridized carbons (Fsp3) is 1.00. The highest BCUT2D eigenvalue weighted by molar-refractivity contribution is 4.89. The van der Waals surface area contributed by atoms with Crippen LogP contribution in [0.5, 0.6) is 0 Å². The minimum absolute atomic E-state index is 0.500. The number of hydrogen-bond acceptors (Lipinski definition) is 2. The van der Waals surface area contributed by atoms with E-state index in [1.165, 1.54) is 19.3 Å². The molecule has 2 heteroatoms. The number of rotatable bonds is 2. The Morgan fingerprint density at radius 1 is 1.00 bits per heavy atom. The summed E-state index contributed by atoms with van der Waals surface area (Å²) in [5.41, 5.74) is 0.500. The first-order valence-corrected chi connectivity index (χ1v) is 4.92. The topological polar surface area (TPSA) is 24.1 Å². The maximum Gasteiger partial charge on any atom is 0.00839 e. The lowest BCUT2D eigenvalue weighted by molar-refractivity contribution is 0.169. The van der Waals surface area contributed by atoms with Crippen LogP contribution in [0, 0.1) is 5.41 Å². The molecule has 2 atom stereocenters. The molecule has 72 valence electrons. The Hall–Kier alpha value is -0.0800. The summed E-state index contributed by atoms with van der Waals surface area (Å²) in [4.78, 5) is 0. The highest BCUT2D eigenvalue weighted by atomic mass is 14.9. The van der Waals surface area contributed by atoms with Gasteiger partial charge in [-0.25, -0.2) is 0 Å². The summed E-state index contributed by atoms with van der Waals surface area (Å²) in [6.45, 7) is 4.72. The van der Waals surface area contributed by atoms with E-state index in [0.717, 1.165) is 0 Å². The molecule has 0 radical (unpaired) electrons. The normalized spacial score (nSPS) is 35.0. The third-order valence-corrected chi connectivity index (χ3v) is 2.98. The van der Waals surface area contributed by atoms with Gasteiger partial charge in [0, 0.05) is 12.1 Å². The van der Waals surface area contributed by atoms with Crippen LogP contribution in [-0.4, -0.2) is 26.2 Å². The van der Waals surface area contributed by atoms with Crippen molar-refractivity contribution in [2.75, 3.05) is 14.1 Å². The van der Waals surface area contributed by atoms with Gasteiger partial charge < -0.3 is 10.6 Å². The van der Waals surface area contributed by atoms with Crippen LogP contribution in [-0.2, 0) is 0 Å². The van der Waals surface area contributed by atoms with Gasteiger partial charge in [0.1, 0.15) is 0 Å². The third kappa shape index (κ3) is 2.46. The summed E-state index contributed by atoms with van der Waals surface area (Å²) in [6.07, 6.45) is 3.89. The minimum Gasteiger partial charge on any atom is -0.317 e. The number of hydrogen-bond donors (Lipinski definition) is 2. The van der Waals surface area contributed by atoms with Crippen molar-refractivity contribution in [3.63, 3.8) is 0 Å². The molecular weight excluding hydrogens is 148 g/mol. The molecule has 1 fully saturated rings. The van der Waals surface area contributed by atoms with Crippen LogP contribution in [0.15, 0.2) is 0 Å². The van der Waals surface area contributed by atoms with E-state index >= 15 is 0 Å². The lowest BCUT2D eigenvalue weighted by Gasteiger charge is -2.40. The molecule has 2 nitrogen and oxygen atoms in total. The molecule has 1 saturated carbocycles. The molecule has 0 bridgehead atoms. The van der Waals surface area contributed by atoms with E-state index in [0.29, 0.717) is 17.5 Å². The van der Waals surface area contributed by atoms with Crippen LogP contribution in [0.4, 0.5) is 0 Å². The molecule has 0 aromatic carbocycles. The van der Waals surface area contributed by atoms with Crippen LogP contribution in [0.2, 0.25) is 0 Å². The van der Waals surface area contributed by atoms with Crippen molar-refractivity contribution < 1.29 is 0 Å². The molecule has 0 spiro atoms. The first-order valence-electron chi connectivity index (χ1n) is 4.92. The van der Waals surface area contributed by atoms with Gasteiger partial charge in [-0.2, -0.15) is 0 Å². The molecule has 1 aliphatic rings. The zero-order valence-corrected chi connectivity index (χ0v) is 8.78. The maximum absolute atomic E-state index is 3.38. The summed E-state index contributed by atoms with van der Waals surface area (Å²) in [7, 11) is 4.14. The molecule has 0 unspecified atom stereocenters. The van der Waals surface area contributed by atoms with E-state index in [2.05, 4.69) is 38.6 Å². The molecule has 0 aromatic heterocycles. The van der Waals surface area contributed by atoms with E-state index < -0.39 is 0 Å². The SMILES string of the molecule is CN[C@@H]1C[C@H](NC)CC(C)(C)C1. The van der Waals surface area contributed by atoms with Crippen molar-refractivity contribution in [1.29, 1.82) is 0 Å². The first-order chi connectivity index (χ1) is 5.57. The van der Waals surface area contributed by atoms with Crippen molar-refractivity contribution in [2.45, 2.75) is 45.2 Å². The van der Waals surface area contributed by atoms with Crippen molar-refractivity contribution in [3.8, 4) is 0 Å². The van der Waals surface area contributed by atoms with Crippen LogP contribution < -0.4 is 10.6 Å². The quantitative estimate of drug-likeness (QED) is 0.654. The van der Waals surface area contributed by atoms with Crippen molar-refractivity contribution in [3.05, 3.63) is 0 Å². The van der Waals surface area contributed by atoms with Gasteiger partial charge in [0.05, 0.1) is 0 Å². The largest absolute Gasteiger partial charge is 0.317 e. The lowest BCUT2D eigenvalue weighted by Crippen LogP contribution is -2.45. The van der Waals surface area contributed by atoms with Crippen molar-refractivity contribution in [1.82, 2.24) is 10.6 Å². The van der Waals surface area contributed by atoms with E-state index in [9.17, 15) is 0 Å². The summed E-state index contributed by atoms with van der Waals surface area (Å²) in [5, 5.41) is 6.77. The van der Waals surface area contributed by atoms with Gasteiger partial charge in [0.15, 0.2) is 0 Å². The zero-order valence-electron chi connectivity index (χ0n) is 8.78. The Labute approximate surface area is 76.1 Å². The second-order valence-electron chi connectivity index (χ2n) is 4.78. The Balaban J connectivity index is 2.53. The molecule has 1 aliphatic carbocycles. The second-order valence-corrected chi connectivity index (χ2v) is 4.78. The Morgan fingerprint density at radius 2 is 1.42 bits per heavy atom. The average molecular weight is 170 g/mol. The Bertz CT molecular complexity index is 129. The highest BCUT2D eigenvalue weighted by Crippen LogP contribution is 2.35. The van der Waals surface area contributed by atoms with Crippen LogP contribution in [0.1, 0.15) is 33.1 Å². The van der Waals surface area contributed by atoms with Crippen LogP contribution in [0.3, 0.4) is 0 Å². The monoisotopic (exact) mass is 170 g/mol. The first kappa shape index (κ1) is 10.0. The molecule has 1 rings (SSSR count). The van der Waals surface area contributed by atoms with Crippen molar-refractivity contribution in [2.24, 2.45) is 5.41 Å². The standard InChI is InChI=1S/C10H22N2/c1-10(2)6-8(11-3)5-9(7-10)12-4/h8-9,11-12H,5-7H2,1-4H3/t8-,9+. The maximum atomic E-state index is 3.38. The second kappa shape index (κ2) is 3.75. The molecule has 0 heterocycles. The molecule has 12 heavy (non-hydrogen) atoms. The lowest BCUT2D eigenvalue weighted by atomic mass is 9.73. The van der Waals surface area contributed by atoms with Gasteiger partial charge in [-0.3, -0.25) is 0 Å². The highest BCUT2D eigenvalue weighted by Gasteiger charge is 2.32. The predicted molar refractivity (Wildman–Crippen MR) is 53.3 cm³/mol. The zero-order chi connectivity index (χ0) is 9.19. The smallest absolute Gasteiger partial charge is 0.00839 e. The summed E-state index contributed by atoms with van der Waals surface area (Å²) in [6, 6.07) is 1.40. The van der Waals surface area contributed by atoms with Gasteiger partial charge >= 0.3 is 0 Å². The number of nitrogens with one attached hydrogen (secondary N) is 2. The molecule has 0 amide bonds. The van der Waals surface area contributed by atoms with Crippen LogP contribution >= 0.6 is 0 Å². The average Bonchev–Trinajstić information content (AvgIpc) is 2.01. The fourth-order valence-electron chi connectivity index (χ4n) is 2.37. The molecular formula is C10H22N2. The fourth-order valence-corrected chi connectivity index (χ4v) is 2.37. The Morgan fingerprint density at radius 3 is 1.75 bits per heavy atom. The van der Waals surface area contributed by atoms with Crippen LogP contribution in [0.25, 0.3) is 0 Å². The molecule has 2 N–H and O–H groups in total. The van der Waals surface area contributed by atoms with Gasteiger partial charge in [0.2, 0.25) is 0 Å². The minimum atomic E-state index is 0.500. The Kier molecular flexibility index (Phi) is 3.13. The van der Waals surface area contributed by atoms with Gasteiger partial charge in [0.25, 0.3) is 0 Å².